The van der Waals surface area contributed by atoms with Crippen molar-refractivity contribution in [2.45, 2.75) is 31.3 Å². The Morgan fingerprint density at radius 3 is 2.93 bits per heavy atom. The lowest BCUT2D eigenvalue weighted by atomic mass is 9.67. The zero-order valence-electron chi connectivity index (χ0n) is 15.4. The van der Waals surface area contributed by atoms with E-state index in [1.54, 1.807) is 13.2 Å². The summed E-state index contributed by atoms with van der Waals surface area (Å²) in [6.45, 7) is 6.40. The molecule has 1 saturated heterocycles. The molecule has 2 heterocycles. The van der Waals surface area contributed by atoms with Gasteiger partial charge in [-0.25, -0.2) is 0 Å². The number of hydrogen-bond acceptors (Lipinski definition) is 6. The van der Waals surface area contributed by atoms with Gasteiger partial charge in [0, 0.05) is 23.3 Å². The number of carbonyl (C=O) groups excluding carboxylic acids is 1. The zero-order chi connectivity index (χ0) is 18.8. The minimum atomic E-state index is -0.614. The van der Waals surface area contributed by atoms with E-state index in [0.29, 0.717) is 35.8 Å². The molecule has 0 unspecified atom stereocenters. The number of benzene rings is 1. The molecule has 5 rings (SSSR count). The largest absolute Gasteiger partial charge is 0.493 e. The van der Waals surface area contributed by atoms with E-state index in [1.807, 2.05) is 18.2 Å². The van der Waals surface area contributed by atoms with Crippen LogP contribution in [-0.2, 0) is 14.3 Å². The standard InChI is InChI=1S/C21H22O6/c1-4-5-20-9-21(17(8-16(20)22)25-11-27-21)12(2)18(20)13-6-14(23-3)19-15(7-13)24-10-26-19/h4,6-8,12,18H,1,5,9-11H2,2-3H3/t12-,18-,20+,21-/m0/s1. The van der Waals surface area contributed by atoms with E-state index >= 15 is 0 Å². The SMILES string of the molecule is C=CC[C@@]12C[C@]3(OCOC3=CC1=O)[C@@H](C)[C@H]2c1cc(OC)c2c(c1)OCO2. The molecule has 0 aromatic heterocycles. The van der Waals surface area contributed by atoms with Crippen molar-refractivity contribution in [3.8, 4) is 17.2 Å². The van der Waals surface area contributed by atoms with E-state index in [4.69, 9.17) is 23.7 Å². The summed E-state index contributed by atoms with van der Waals surface area (Å²) in [5.41, 5.74) is -0.191. The first-order valence-electron chi connectivity index (χ1n) is 9.17. The minimum Gasteiger partial charge on any atom is -0.493 e. The Bertz CT molecular complexity index is 874. The summed E-state index contributed by atoms with van der Waals surface area (Å²) in [4.78, 5) is 13.3. The number of carbonyl (C=O) groups is 1. The average Bonchev–Trinajstić information content (AvgIpc) is 3.33. The van der Waals surface area contributed by atoms with E-state index in [0.717, 1.165) is 5.56 Å². The van der Waals surface area contributed by atoms with Crippen LogP contribution in [0.5, 0.6) is 17.2 Å². The molecule has 2 fully saturated rings. The van der Waals surface area contributed by atoms with Crippen LogP contribution in [0.3, 0.4) is 0 Å². The molecule has 2 bridgehead atoms. The molecular weight excluding hydrogens is 348 g/mol. The lowest BCUT2D eigenvalue weighted by Crippen LogP contribution is -2.39. The van der Waals surface area contributed by atoms with Gasteiger partial charge in [0.25, 0.3) is 0 Å². The van der Waals surface area contributed by atoms with Gasteiger partial charge in [0.2, 0.25) is 12.5 Å². The van der Waals surface area contributed by atoms with E-state index in [-0.39, 0.29) is 31.2 Å². The quantitative estimate of drug-likeness (QED) is 0.758. The molecule has 1 saturated carbocycles. The highest BCUT2D eigenvalue weighted by Gasteiger charge is 2.68. The second kappa shape index (κ2) is 5.52. The summed E-state index contributed by atoms with van der Waals surface area (Å²) >= 11 is 0. The van der Waals surface area contributed by atoms with Gasteiger partial charge >= 0.3 is 0 Å². The molecular formula is C21H22O6. The molecule has 27 heavy (non-hydrogen) atoms. The monoisotopic (exact) mass is 370 g/mol. The summed E-state index contributed by atoms with van der Waals surface area (Å²) in [7, 11) is 1.61. The molecule has 1 aromatic rings. The van der Waals surface area contributed by atoms with Crippen molar-refractivity contribution in [1.29, 1.82) is 0 Å². The van der Waals surface area contributed by atoms with Gasteiger partial charge < -0.3 is 23.7 Å². The summed E-state index contributed by atoms with van der Waals surface area (Å²) in [6.07, 6.45) is 4.64. The molecule has 6 heteroatoms. The molecule has 2 aliphatic carbocycles. The molecule has 1 aromatic carbocycles. The van der Waals surface area contributed by atoms with Gasteiger partial charge in [0.15, 0.2) is 24.1 Å². The minimum absolute atomic E-state index is 0.0442. The number of allylic oxidation sites excluding steroid dienone is 2. The predicted octanol–water partition coefficient (Wildman–Crippen LogP) is 3.32. The molecule has 0 N–H and O–H groups in total. The summed E-state index contributed by atoms with van der Waals surface area (Å²) in [5.74, 6) is 2.57. The van der Waals surface area contributed by atoms with Crippen molar-refractivity contribution in [1.82, 2.24) is 0 Å². The summed E-state index contributed by atoms with van der Waals surface area (Å²) < 4.78 is 28.4. The molecule has 0 amide bonds. The van der Waals surface area contributed by atoms with E-state index in [2.05, 4.69) is 13.5 Å². The van der Waals surface area contributed by atoms with Crippen LogP contribution in [0.15, 0.2) is 36.6 Å². The third-order valence-electron chi connectivity index (χ3n) is 6.66. The first-order valence-corrected chi connectivity index (χ1v) is 9.17. The smallest absolute Gasteiger partial charge is 0.231 e. The Kier molecular flexibility index (Phi) is 3.41. The fourth-order valence-corrected chi connectivity index (χ4v) is 5.53. The molecule has 0 radical (unpaired) electrons. The first kappa shape index (κ1) is 16.7. The van der Waals surface area contributed by atoms with Crippen LogP contribution in [0.25, 0.3) is 0 Å². The number of ketones is 1. The highest BCUT2D eigenvalue weighted by molar-refractivity contribution is 5.99. The maximum absolute atomic E-state index is 13.3. The maximum Gasteiger partial charge on any atom is 0.231 e. The van der Waals surface area contributed by atoms with Crippen LogP contribution in [0.1, 0.15) is 31.2 Å². The van der Waals surface area contributed by atoms with Crippen molar-refractivity contribution in [2.24, 2.45) is 11.3 Å². The number of rotatable bonds is 4. The van der Waals surface area contributed by atoms with Crippen molar-refractivity contribution < 1.29 is 28.5 Å². The third-order valence-corrected chi connectivity index (χ3v) is 6.66. The lowest BCUT2D eigenvalue weighted by molar-refractivity contribution is -0.126. The van der Waals surface area contributed by atoms with Crippen molar-refractivity contribution in [3.63, 3.8) is 0 Å². The van der Waals surface area contributed by atoms with Gasteiger partial charge in [-0.3, -0.25) is 4.79 Å². The number of fused-ring (bicyclic) bond motifs is 2. The fourth-order valence-electron chi connectivity index (χ4n) is 5.53. The van der Waals surface area contributed by atoms with Crippen LogP contribution in [0.4, 0.5) is 0 Å². The first-order chi connectivity index (χ1) is 13.1. The average molecular weight is 370 g/mol. The second-order valence-corrected chi connectivity index (χ2v) is 7.72. The van der Waals surface area contributed by atoms with Crippen LogP contribution < -0.4 is 14.2 Å². The molecule has 142 valence electrons. The third kappa shape index (κ3) is 1.96. The summed E-state index contributed by atoms with van der Waals surface area (Å²) in [6, 6.07) is 3.93. The van der Waals surface area contributed by atoms with Gasteiger partial charge in [-0.1, -0.05) is 13.0 Å². The van der Waals surface area contributed by atoms with Crippen molar-refractivity contribution >= 4 is 5.78 Å². The highest BCUT2D eigenvalue weighted by Crippen LogP contribution is 2.67. The Morgan fingerprint density at radius 2 is 2.15 bits per heavy atom. The number of ether oxygens (including phenoxy) is 5. The normalized spacial score (nSPS) is 35.5. The van der Waals surface area contributed by atoms with Crippen LogP contribution in [0.2, 0.25) is 0 Å². The summed E-state index contributed by atoms with van der Waals surface area (Å²) in [5, 5.41) is 0. The van der Waals surface area contributed by atoms with E-state index < -0.39 is 11.0 Å². The Labute approximate surface area is 157 Å². The van der Waals surface area contributed by atoms with Gasteiger partial charge in [0.05, 0.1) is 7.11 Å². The number of hydrogen-bond donors (Lipinski definition) is 0. The zero-order valence-corrected chi connectivity index (χ0v) is 15.4. The van der Waals surface area contributed by atoms with Crippen LogP contribution in [-0.4, -0.2) is 32.1 Å². The van der Waals surface area contributed by atoms with Gasteiger partial charge in [0.1, 0.15) is 11.4 Å². The van der Waals surface area contributed by atoms with Gasteiger partial charge in [-0.05, 0) is 30.5 Å². The van der Waals surface area contributed by atoms with Crippen molar-refractivity contribution in [3.05, 3.63) is 42.2 Å². The van der Waals surface area contributed by atoms with Gasteiger partial charge in [-0.15, -0.1) is 6.58 Å². The fraction of sp³-hybridized carbons (Fsp3) is 0.476. The van der Waals surface area contributed by atoms with Crippen molar-refractivity contribution in [2.75, 3.05) is 20.7 Å². The molecule has 1 spiro atoms. The van der Waals surface area contributed by atoms with Crippen LogP contribution >= 0.6 is 0 Å². The van der Waals surface area contributed by atoms with Crippen LogP contribution in [0, 0.1) is 11.3 Å². The Hall–Kier alpha value is -2.47. The van der Waals surface area contributed by atoms with E-state index in [9.17, 15) is 4.79 Å². The maximum atomic E-state index is 13.3. The Balaban J connectivity index is 1.70. The molecule has 6 nitrogen and oxygen atoms in total. The Morgan fingerprint density at radius 1 is 1.30 bits per heavy atom. The topological polar surface area (TPSA) is 63.2 Å². The predicted molar refractivity (Wildman–Crippen MR) is 95.7 cm³/mol. The second-order valence-electron chi connectivity index (χ2n) is 7.72. The highest BCUT2D eigenvalue weighted by atomic mass is 16.7. The van der Waals surface area contributed by atoms with E-state index in [1.165, 1.54) is 0 Å². The van der Waals surface area contributed by atoms with Gasteiger partial charge in [-0.2, -0.15) is 0 Å². The lowest BCUT2D eigenvalue weighted by Gasteiger charge is -2.35. The molecule has 4 aliphatic rings. The number of methoxy groups -OCH3 is 1. The molecule has 2 aliphatic heterocycles. The molecule has 4 atom stereocenters.